The number of hydrogen-bond donors (Lipinski definition) is 0. The third-order valence-electron chi connectivity index (χ3n) is 6.37. The van der Waals surface area contributed by atoms with Crippen LogP contribution in [0.2, 0.25) is 0 Å². The Kier molecular flexibility index (Phi) is 8.71. The topological polar surface area (TPSA) is 57.7 Å². The molecule has 0 saturated carbocycles. The van der Waals surface area contributed by atoms with E-state index in [2.05, 4.69) is 17.0 Å². The fraction of sp³-hybridized carbons (Fsp3) is 0.519. The van der Waals surface area contributed by atoms with Crippen molar-refractivity contribution in [3.05, 3.63) is 60.2 Å². The summed E-state index contributed by atoms with van der Waals surface area (Å²) in [6.07, 6.45) is 4.13. The summed E-state index contributed by atoms with van der Waals surface area (Å²) < 4.78 is 27.8. The predicted octanol–water partition coefficient (Wildman–Crippen LogP) is 5.30. The van der Waals surface area contributed by atoms with E-state index in [0.717, 1.165) is 38.0 Å². The summed E-state index contributed by atoms with van der Waals surface area (Å²) in [5, 5.41) is 0. The largest absolute Gasteiger partial charge is 0.371 e. The minimum absolute atomic E-state index is 0.100. The first kappa shape index (κ1) is 25.4. The number of piperidine rings is 1. The van der Waals surface area contributed by atoms with Crippen LogP contribution in [0, 0.1) is 5.92 Å². The van der Waals surface area contributed by atoms with Crippen LogP contribution >= 0.6 is 0 Å². The Morgan fingerprint density at radius 1 is 1.00 bits per heavy atom. The van der Waals surface area contributed by atoms with E-state index in [1.54, 1.807) is 16.4 Å². The molecule has 1 fully saturated rings. The summed E-state index contributed by atoms with van der Waals surface area (Å²) in [6.45, 7) is 9.39. The molecular formula is C27H38N2O3S. The Morgan fingerprint density at radius 3 is 2.24 bits per heavy atom. The number of sulfonamides is 1. The Morgan fingerprint density at radius 2 is 1.64 bits per heavy atom. The van der Waals surface area contributed by atoms with Gasteiger partial charge in [0.15, 0.2) is 0 Å². The molecular weight excluding hydrogens is 432 g/mol. The summed E-state index contributed by atoms with van der Waals surface area (Å²) in [7, 11) is -3.53. The van der Waals surface area contributed by atoms with E-state index < -0.39 is 10.0 Å². The molecule has 1 aliphatic rings. The predicted molar refractivity (Wildman–Crippen MR) is 135 cm³/mol. The van der Waals surface area contributed by atoms with Gasteiger partial charge in [-0.1, -0.05) is 30.3 Å². The summed E-state index contributed by atoms with van der Waals surface area (Å²) in [6, 6.07) is 17.2. The van der Waals surface area contributed by atoms with E-state index in [9.17, 15) is 13.2 Å². The van der Waals surface area contributed by atoms with Crippen molar-refractivity contribution in [3.63, 3.8) is 0 Å². The van der Waals surface area contributed by atoms with Gasteiger partial charge in [-0.15, -0.1) is 0 Å². The monoisotopic (exact) mass is 470 g/mol. The van der Waals surface area contributed by atoms with Crippen LogP contribution in [0.5, 0.6) is 0 Å². The molecule has 2 aromatic carbocycles. The lowest BCUT2D eigenvalue weighted by atomic mass is 9.91. The number of benzene rings is 2. The van der Waals surface area contributed by atoms with Crippen molar-refractivity contribution < 1.29 is 13.2 Å². The molecule has 0 aromatic heterocycles. The van der Waals surface area contributed by atoms with E-state index in [-0.39, 0.29) is 12.1 Å². The lowest BCUT2D eigenvalue weighted by Gasteiger charge is -2.34. The fourth-order valence-corrected chi connectivity index (χ4v) is 6.75. The third-order valence-corrected chi connectivity index (χ3v) is 8.63. The number of nitrogens with zero attached hydrogens (tertiary/aromatic N) is 2. The van der Waals surface area contributed by atoms with Crippen molar-refractivity contribution in [1.29, 1.82) is 0 Å². The highest BCUT2D eigenvalue weighted by Gasteiger charge is 2.29. The number of hydrogen-bond acceptors (Lipinski definition) is 4. The average molecular weight is 471 g/mol. The maximum absolute atomic E-state index is 13.1. The van der Waals surface area contributed by atoms with Crippen LogP contribution in [-0.4, -0.2) is 43.7 Å². The van der Waals surface area contributed by atoms with Gasteiger partial charge in [0.05, 0.1) is 4.90 Å². The molecule has 3 rings (SSSR count). The lowest BCUT2D eigenvalue weighted by Crippen LogP contribution is -2.42. The SMILES string of the molecule is CC(C)N(C(C)C)S(=O)(=O)c1ccc(N2CCCC(CC(=O)CCc3ccccc3)C2)cc1. The molecule has 33 heavy (non-hydrogen) atoms. The minimum atomic E-state index is -3.53. The van der Waals surface area contributed by atoms with E-state index in [1.807, 2.05) is 58.0 Å². The van der Waals surface area contributed by atoms with Gasteiger partial charge in [0, 0.05) is 43.7 Å². The first-order chi connectivity index (χ1) is 15.7. The summed E-state index contributed by atoms with van der Waals surface area (Å²) in [5.74, 6) is 0.678. The molecule has 2 aromatic rings. The quantitative estimate of drug-likeness (QED) is 0.473. The second kappa shape index (κ2) is 11.3. The number of ketones is 1. The maximum Gasteiger partial charge on any atom is 0.243 e. The number of anilines is 1. The van der Waals surface area contributed by atoms with Crippen LogP contribution in [0.1, 0.15) is 58.9 Å². The molecule has 1 aliphatic heterocycles. The Bertz CT molecular complexity index is 993. The second-order valence-electron chi connectivity index (χ2n) is 9.70. The van der Waals surface area contributed by atoms with E-state index in [1.165, 1.54) is 5.56 Å². The molecule has 0 radical (unpaired) electrons. The van der Waals surface area contributed by atoms with Crippen molar-refractivity contribution in [3.8, 4) is 0 Å². The molecule has 0 N–H and O–H groups in total. The van der Waals surface area contributed by atoms with Gasteiger partial charge in [0.1, 0.15) is 5.78 Å². The van der Waals surface area contributed by atoms with Crippen molar-refractivity contribution in [1.82, 2.24) is 4.31 Å². The number of carbonyl (C=O) groups excluding carboxylic acids is 1. The van der Waals surface area contributed by atoms with E-state index in [0.29, 0.717) is 29.4 Å². The lowest BCUT2D eigenvalue weighted by molar-refractivity contribution is -0.120. The van der Waals surface area contributed by atoms with Crippen molar-refractivity contribution in [2.45, 2.75) is 76.8 Å². The van der Waals surface area contributed by atoms with Gasteiger partial charge in [0.25, 0.3) is 0 Å². The summed E-state index contributed by atoms with van der Waals surface area (Å²) in [5.41, 5.74) is 2.23. The van der Waals surface area contributed by atoms with Crippen molar-refractivity contribution in [2.24, 2.45) is 5.92 Å². The van der Waals surface area contributed by atoms with Crippen LogP contribution in [0.3, 0.4) is 0 Å². The molecule has 180 valence electrons. The zero-order chi connectivity index (χ0) is 24.0. The van der Waals surface area contributed by atoms with Gasteiger partial charge in [-0.25, -0.2) is 8.42 Å². The molecule has 1 heterocycles. The van der Waals surface area contributed by atoms with Crippen LogP contribution in [0.4, 0.5) is 5.69 Å². The zero-order valence-electron chi connectivity index (χ0n) is 20.4. The Labute approximate surface area is 199 Å². The van der Waals surface area contributed by atoms with Gasteiger partial charge in [-0.05, 0) is 82.7 Å². The summed E-state index contributed by atoms with van der Waals surface area (Å²) >= 11 is 0. The normalized spacial score (nSPS) is 17.2. The fourth-order valence-electron chi connectivity index (χ4n) is 4.92. The Balaban J connectivity index is 1.60. The first-order valence-corrected chi connectivity index (χ1v) is 13.6. The number of Topliss-reactive ketones (excluding diaryl/α,β-unsaturated/α-hetero) is 1. The minimum Gasteiger partial charge on any atom is -0.371 e. The zero-order valence-corrected chi connectivity index (χ0v) is 21.2. The van der Waals surface area contributed by atoms with Crippen LogP contribution < -0.4 is 4.90 Å². The van der Waals surface area contributed by atoms with Crippen molar-refractivity contribution >= 4 is 21.5 Å². The van der Waals surface area contributed by atoms with Gasteiger partial charge in [-0.3, -0.25) is 4.79 Å². The smallest absolute Gasteiger partial charge is 0.243 e. The van der Waals surface area contributed by atoms with Crippen LogP contribution in [-0.2, 0) is 21.2 Å². The van der Waals surface area contributed by atoms with Crippen molar-refractivity contribution in [2.75, 3.05) is 18.0 Å². The average Bonchev–Trinajstić information content (AvgIpc) is 2.78. The van der Waals surface area contributed by atoms with Gasteiger partial charge >= 0.3 is 0 Å². The molecule has 1 atom stereocenters. The summed E-state index contributed by atoms with van der Waals surface area (Å²) in [4.78, 5) is 15.2. The molecule has 0 bridgehead atoms. The second-order valence-corrected chi connectivity index (χ2v) is 11.5. The van der Waals surface area contributed by atoms with E-state index in [4.69, 9.17) is 0 Å². The van der Waals surface area contributed by atoms with Crippen LogP contribution in [0.15, 0.2) is 59.5 Å². The first-order valence-electron chi connectivity index (χ1n) is 12.1. The molecule has 0 spiro atoms. The highest BCUT2D eigenvalue weighted by atomic mass is 32.2. The van der Waals surface area contributed by atoms with E-state index >= 15 is 0 Å². The van der Waals surface area contributed by atoms with Gasteiger partial charge in [-0.2, -0.15) is 4.31 Å². The molecule has 1 unspecified atom stereocenters. The molecule has 5 nitrogen and oxygen atoms in total. The maximum atomic E-state index is 13.1. The molecule has 1 saturated heterocycles. The van der Waals surface area contributed by atoms with Gasteiger partial charge in [0.2, 0.25) is 10.0 Å². The highest BCUT2D eigenvalue weighted by molar-refractivity contribution is 7.89. The van der Waals surface area contributed by atoms with Gasteiger partial charge < -0.3 is 4.90 Å². The number of aryl methyl sites for hydroxylation is 1. The highest BCUT2D eigenvalue weighted by Crippen LogP contribution is 2.28. The Hall–Kier alpha value is -2.18. The molecule has 0 amide bonds. The van der Waals surface area contributed by atoms with Crippen LogP contribution in [0.25, 0.3) is 0 Å². The number of rotatable bonds is 10. The number of carbonyl (C=O) groups is 1. The molecule has 6 heteroatoms. The standard InChI is InChI=1S/C27H38N2O3S/c1-21(2)29(22(3)4)33(31,32)27-16-13-25(14-17-27)28-18-8-11-24(20-28)19-26(30)15-12-23-9-6-5-7-10-23/h5-7,9-10,13-14,16-17,21-22,24H,8,11-12,15,18-20H2,1-4H3. The molecule has 0 aliphatic carbocycles. The third kappa shape index (κ3) is 6.67.